The van der Waals surface area contributed by atoms with Crippen molar-refractivity contribution in [3.63, 3.8) is 0 Å². The molecule has 1 atom stereocenters. The smallest absolute Gasteiger partial charge is 0.331 e. The number of amides is 1. The van der Waals surface area contributed by atoms with Crippen molar-refractivity contribution >= 4 is 23.5 Å². The fourth-order valence-corrected chi connectivity index (χ4v) is 2.01. The topological polar surface area (TPSA) is 84.2 Å². The van der Waals surface area contributed by atoms with Crippen molar-refractivity contribution in [2.75, 3.05) is 0 Å². The number of aromatic nitrogens is 2. The van der Waals surface area contributed by atoms with E-state index in [1.165, 1.54) is 16.9 Å². The van der Waals surface area contributed by atoms with Crippen molar-refractivity contribution in [1.82, 2.24) is 15.1 Å². The Morgan fingerprint density at radius 2 is 2.14 bits per heavy atom. The number of carbonyl (C=O) groups excluding carboxylic acids is 1. The first-order valence-electron chi connectivity index (χ1n) is 6.17. The minimum absolute atomic E-state index is 0.306. The lowest BCUT2D eigenvalue weighted by atomic mass is 10.1. The van der Waals surface area contributed by atoms with Crippen LogP contribution in [0.15, 0.2) is 30.6 Å². The first-order valence-corrected chi connectivity index (χ1v) is 6.54. The van der Waals surface area contributed by atoms with E-state index in [9.17, 15) is 14.7 Å². The first-order chi connectivity index (χ1) is 9.88. The number of carboxylic acid groups (broad SMARTS) is 1. The zero-order valence-corrected chi connectivity index (χ0v) is 12.3. The van der Waals surface area contributed by atoms with Gasteiger partial charge in [0.25, 0.3) is 5.91 Å². The minimum atomic E-state index is -1.16. The molecular formula is C14H14ClN3O3. The molecular weight excluding hydrogens is 294 g/mol. The minimum Gasteiger partial charge on any atom is -0.479 e. The summed E-state index contributed by atoms with van der Waals surface area (Å²) in [7, 11) is 1.67. The summed E-state index contributed by atoms with van der Waals surface area (Å²) in [6, 6.07) is 3.65. The van der Waals surface area contributed by atoms with Gasteiger partial charge < -0.3 is 10.4 Å². The summed E-state index contributed by atoms with van der Waals surface area (Å²) in [4.78, 5) is 23.5. The molecule has 1 aromatic heterocycles. The van der Waals surface area contributed by atoms with Gasteiger partial charge in [0.1, 0.15) is 0 Å². The van der Waals surface area contributed by atoms with E-state index in [1.54, 1.807) is 25.4 Å². The Hall–Kier alpha value is -2.34. The van der Waals surface area contributed by atoms with Crippen LogP contribution >= 0.6 is 11.6 Å². The monoisotopic (exact) mass is 307 g/mol. The summed E-state index contributed by atoms with van der Waals surface area (Å²) in [5, 5.41) is 16.1. The molecule has 2 N–H and O–H groups in total. The normalized spacial score (nSPS) is 12.0. The molecule has 0 spiro atoms. The highest BCUT2D eigenvalue weighted by Crippen LogP contribution is 2.18. The molecule has 1 unspecified atom stereocenters. The van der Waals surface area contributed by atoms with Gasteiger partial charge in [-0.25, -0.2) is 4.79 Å². The molecule has 6 nitrogen and oxygen atoms in total. The van der Waals surface area contributed by atoms with Gasteiger partial charge in [-0.05, 0) is 24.6 Å². The lowest BCUT2D eigenvalue weighted by Gasteiger charge is -2.13. The average Bonchev–Trinajstić information content (AvgIpc) is 2.84. The van der Waals surface area contributed by atoms with Crippen molar-refractivity contribution < 1.29 is 14.7 Å². The molecule has 7 heteroatoms. The number of nitrogens with one attached hydrogen (secondary N) is 1. The Bertz CT molecular complexity index is 697. The zero-order chi connectivity index (χ0) is 15.6. The van der Waals surface area contributed by atoms with Crippen molar-refractivity contribution in [1.29, 1.82) is 0 Å². The van der Waals surface area contributed by atoms with E-state index in [1.807, 2.05) is 6.92 Å². The van der Waals surface area contributed by atoms with Crippen LogP contribution in [0.5, 0.6) is 0 Å². The lowest BCUT2D eigenvalue weighted by Crippen LogP contribution is -2.33. The Labute approximate surface area is 126 Å². The van der Waals surface area contributed by atoms with Gasteiger partial charge in [-0.2, -0.15) is 5.10 Å². The third kappa shape index (κ3) is 3.41. The molecule has 0 bridgehead atoms. The van der Waals surface area contributed by atoms with Crippen LogP contribution in [-0.4, -0.2) is 26.8 Å². The predicted molar refractivity (Wildman–Crippen MR) is 77.2 cm³/mol. The molecule has 0 saturated carbocycles. The number of aliphatic carboxylic acids is 1. The molecule has 0 aliphatic heterocycles. The molecule has 1 amide bonds. The van der Waals surface area contributed by atoms with Crippen molar-refractivity contribution in [2.24, 2.45) is 7.05 Å². The Morgan fingerprint density at radius 1 is 1.43 bits per heavy atom. The molecule has 1 heterocycles. The number of hydrogen-bond acceptors (Lipinski definition) is 3. The molecule has 2 rings (SSSR count). The highest BCUT2D eigenvalue weighted by Gasteiger charge is 2.24. The van der Waals surface area contributed by atoms with E-state index in [0.29, 0.717) is 16.1 Å². The molecule has 1 aromatic carbocycles. The first kappa shape index (κ1) is 15.1. The molecule has 0 aliphatic carbocycles. The highest BCUT2D eigenvalue weighted by atomic mass is 35.5. The molecule has 0 fully saturated rings. The maximum atomic E-state index is 12.1. The van der Waals surface area contributed by atoms with Gasteiger partial charge >= 0.3 is 5.97 Å². The van der Waals surface area contributed by atoms with Crippen LogP contribution < -0.4 is 5.32 Å². The second-order valence-corrected chi connectivity index (χ2v) is 5.06. The fraction of sp³-hybridized carbons (Fsp3) is 0.214. The van der Waals surface area contributed by atoms with E-state index >= 15 is 0 Å². The van der Waals surface area contributed by atoms with Crippen LogP contribution in [0.3, 0.4) is 0 Å². The number of carbonyl (C=O) groups is 2. The summed E-state index contributed by atoms with van der Waals surface area (Å²) in [5.41, 5.74) is 1.55. The van der Waals surface area contributed by atoms with Crippen LogP contribution in [0.4, 0.5) is 0 Å². The fourth-order valence-electron chi connectivity index (χ4n) is 1.83. The van der Waals surface area contributed by atoms with Gasteiger partial charge in [-0.3, -0.25) is 9.48 Å². The SMILES string of the molecule is Cc1ccc(C(=O)NC(C(=O)O)c2cnn(C)c2)cc1Cl. The summed E-state index contributed by atoms with van der Waals surface area (Å²) < 4.78 is 1.47. The van der Waals surface area contributed by atoms with E-state index in [0.717, 1.165) is 5.56 Å². The standard InChI is InChI=1S/C14H14ClN3O3/c1-8-3-4-9(5-11(8)15)13(19)17-12(14(20)21)10-6-16-18(2)7-10/h3-7,12H,1-2H3,(H,17,19)(H,20,21). The third-order valence-corrected chi connectivity index (χ3v) is 3.42. The number of nitrogens with zero attached hydrogens (tertiary/aromatic N) is 2. The Kier molecular flexibility index (Phi) is 4.28. The van der Waals surface area contributed by atoms with Crippen LogP contribution in [0.1, 0.15) is 27.5 Å². The number of benzene rings is 1. The van der Waals surface area contributed by atoms with E-state index in [4.69, 9.17) is 11.6 Å². The molecule has 0 saturated heterocycles. The van der Waals surface area contributed by atoms with E-state index in [2.05, 4.69) is 10.4 Å². The maximum Gasteiger partial charge on any atom is 0.331 e. The second kappa shape index (κ2) is 5.97. The molecule has 21 heavy (non-hydrogen) atoms. The largest absolute Gasteiger partial charge is 0.479 e. The summed E-state index contributed by atoms with van der Waals surface area (Å²) in [6.45, 7) is 1.82. The summed E-state index contributed by atoms with van der Waals surface area (Å²) in [6.07, 6.45) is 2.95. The van der Waals surface area contributed by atoms with Crippen LogP contribution in [-0.2, 0) is 11.8 Å². The van der Waals surface area contributed by atoms with Gasteiger partial charge in [0.05, 0.1) is 6.20 Å². The number of hydrogen-bond donors (Lipinski definition) is 2. The second-order valence-electron chi connectivity index (χ2n) is 4.66. The van der Waals surface area contributed by atoms with Gasteiger partial charge in [0, 0.05) is 29.4 Å². The van der Waals surface area contributed by atoms with Crippen LogP contribution in [0, 0.1) is 6.92 Å². The predicted octanol–water partition coefficient (Wildman–Crippen LogP) is 1.94. The number of rotatable bonds is 4. The summed E-state index contributed by atoms with van der Waals surface area (Å²) >= 11 is 5.97. The van der Waals surface area contributed by atoms with Gasteiger partial charge in [0.2, 0.25) is 0 Å². The van der Waals surface area contributed by atoms with Gasteiger partial charge in [-0.15, -0.1) is 0 Å². The summed E-state index contributed by atoms with van der Waals surface area (Å²) in [5.74, 6) is -1.66. The quantitative estimate of drug-likeness (QED) is 0.904. The molecule has 110 valence electrons. The zero-order valence-electron chi connectivity index (χ0n) is 11.5. The van der Waals surface area contributed by atoms with Crippen molar-refractivity contribution in [3.8, 4) is 0 Å². The highest BCUT2D eigenvalue weighted by molar-refractivity contribution is 6.31. The van der Waals surface area contributed by atoms with Gasteiger partial charge in [0.15, 0.2) is 6.04 Å². The number of halogens is 1. The number of carboxylic acids is 1. The van der Waals surface area contributed by atoms with E-state index in [-0.39, 0.29) is 0 Å². The van der Waals surface area contributed by atoms with Crippen molar-refractivity contribution in [2.45, 2.75) is 13.0 Å². The number of aryl methyl sites for hydroxylation is 2. The molecule has 2 aromatic rings. The van der Waals surface area contributed by atoms with Crippen LogP contribution in [0.2, 0.25) is 5.02 Å². The third-order valence-electron chi connectivity index (χ3n) is 3.01. The van der Waals surface area contributed by atoms with Crippen LogP contribution in [0.25, 0.3) is 0 Å². The maximum absolute atomic E-state index is 12.1. The van der Waals surface area contributed by atoms with E-state index < -0.39 is 17.9 Å². The van der Waals surface area contributed by atoms with Crippen molar-refractivity contribution in [3.05, 3.63) is 52.3 Å². The lowest BCUT2D eigenvalue weighted by molar-refractivity contribution is -0.139. The molecule has 0 aliphatic rings. The average molecular weight is 308 g/mol. The van der Waals surface area contributed by atoms with Gasteiger partial charge in [-0.1, -0.05) is 17.7 Å². The Morgan fingerprint density at radius 3 is 2.67 bits per heavy atom. The Balaban J connectivity index is 2.22. The molecule has 0 radical (unpaired) electrons.